The minimum atomic E-state index is -1.16. The van der Waals surface area contributed by atoms with Crippen molar-refractivity contribution in [2.24, 2.45) is 0 Å². The Balaban J connectivity index is 2.65. The van der Waals surface area contributed by atoms with E-state index < -0.39 is 18.2 Å². The van der Waals surface area contributed by atoms with Gasteiger partial charge in [0.05, 0.1) is 0 Å². The number of hydrogen-bond acceptors (Lipinski definition) is 3. The molecular formula is C16H23NO4. The third kappa shape index (κ3) is 5.85. The molecule has 1 amide bonds. The number of benzene rings is 1. The van der Waals surface area contributed by atoms with Crippen LogP contribution in [0.5, 0.6) is 0 Å². The van der Waals surface area contributed by atoms with Crippen LogP contribution in [-0.2, 0) is 16.0 Å². The number of nitrogens with zero attached hydrogens (tertiary/aromatic N) is 1. The zero-order chi connectivity index (χ0) is 15.7. The highest BCUT2D eigenvalue weighted by atomic mass is 16.6. The Labute approximate surface area is 125 Å². The second-order valence-electron chi connectivity index (χ2n) is 4.83. The number of carboxylic acids is 1. The van der Waals surface area contributed by atoms with E-state index in [1.807, 2.05) is 44.2 Å². The van der Waals surface area contributed by atoms with Gasteiger partial charge in [0.25, 0.3) is 0 Å². The molecule has 0 aliphatic heterocycles. The van der Waals surface area contributed by atoms with Gasteiger partial charge in [0.15, 0.2) is 0 Å². The maximum absolute atomic E-state index is 12.0. The summed E-state index contributed by atoms with van der Waals surface area (Å²) in [6.45, 7) is 4.98. The van der Waals surface area contributed by atoms with Crippen molar-refractivity contribution >= 4 is 12.1 Å². The largest absolute Gasteiger partial charge is 0.478 e. The number of aliphatic carboxylic acids is 1. The molecule has 0 radical (unpaired) electrons. The molecule has 1 aromatic rings. The number of ether oxygens (including phenoxy) is 1. The molecule has 1 unspecified atom stereocenters. The summed E-state index contributed by atoms with van der Waals surface area (Å²) in [6.07, 6.45) is 0.299. The van der Waals surface area contributed by atoms with E-state index in [-0.39, 0.29) is 6.42 Å². The standard InChI is InChI=1S/C16H23NO4/c1-3-5-11-17(4-2)16(20)21-14(15(18)19)12-13-9-7-6-8-10-13/h6-10,14H,3-5,11-12H2,1-2H3,(H,18,19). The van der Waals surface area contributed by atoms with Gasteiger partial charge in [-0.3, -0.25) is 0 Å². The number of amides is 1. The summed E-state index contributed by atoms with van der Waals surface area (Å²) in [5.41, 5.74) is 0.828. The lowest BCUT2D eigenvalue weighted by atomic mass is 10.1. The van der Waals surface area contributed by atoms with Crippen LogP contribution in [0.25, 0.3) is 0 Å². The van der Waals surface area contributed by atoms with Gasteiger partial charge in [-0.2, -0.15) is 0 Å². The molecule has 1 aromatic carbocycles. The smallest absolute Gasteiger partial charge is 0.410 e. The predicted octanol–water partition coefficient (Wildman–Crippen LogP) is 2.94. The number of carboxylic acid groups (broad SMARTS) is 1. The summed E-state index contributed by atoms with van der Waals surface area (Å²) >= 11 is 0. The topological polar surface area (TPSA) is 66.8 Å². The summed E-state index contributed by atoms with van der Waals surface area (Å²) < 4.78 is 5.15. The summed E-state index contributed by atoms with van der Waals surface area (Å²) in [4.78, 5) is 24.8. The molecule has 0 aliphatic carbocycles. The van der Waals surface area contributed by atoms with E-state index in [1.165, 1.54) is 4.90 Å². The number of carbonyl (C=O) groups excluding carboxylic acids is 1. The molecule has 5 heteroatoms. The van der Waals surface area contributed by atoms with Crippen LogP contribution in [0.3, 0.4) is 0 Å². The van der Waals surface area contributed by atoms with E-state index in [2.05, 4.69) is 0 Å². The van der Waals surface area contributed by atoms with Crippen molar-refractivity contribution < 1.29 is 19.4 Å². The first-order valence-corrected chi connectivity index (χ1v) is 7.30. The van der Waals surface area contributed by atoms with Gasteiger partial charge in [0, 0.05) is 19.5 Å². The molecule has 0 bridgehead atoms. The van der Waals surface area contributed by atoms with Crippen molar-refractivity contribution in [3.05, 3.63) is 35.9 Å². The molecule has 0 saturated carbocycles. The van der Waals surface area contributed by atoms with Gasteiger partial charge >= 0.3 is 12.1 Å². The first-order valence-electron chi connectivity index (χ1n) is 7.30. The van der Waals surface area contributed by atoms with Crippen molar-refractivity contribution in [3.63, 3.8) is 0 Å². The van der Waals surface area contributed by atoms with Crippen LogP contribution in [0.1, 0.15) is 32.3 Å². The van der Waals surface area contributed by atoms with E-state index in [9.17, 15) is 14.7 Å². The molecule has 1 atom stereocenters. The van der Waals surface area contributed by atoms with Crippen LogP contribution in [0.2, 0.25) is 0 Å². The first-order chi connectivity index (χ1) is 10.1. The van der Waals surface area contributed by atoms with E-state index >= 15 is 0 Å². The van der Waals surface area contributed by atoms with E-state index in [0.29, 0.717) is 13.1 Å². The third-order valence-electron chi connectivity index (χ3n) is 3.20. The lowest BCUT2D eigenvalue weighted by Crippen LogP contribution is -2.38. The van der Waals surface area contributed by atoms with E-state index in [0.717, 1.165) is 18.4 Å². The van der Waals surface area contributed by atoms with Crippen molar-refractivity contribution in [1.82, 2.24) is 4.90 Å². The number of carbonyl (C=O) groups is 2. The molecule has 1 N–H and O–H groups in total. The highest BCUT2D eigenvalue weighted by molar-refractivity contribution is 5.77. The molecule has 21 heavy (non-hydrogen) atoms. The molecule has 5 nitrogen and oxygen atoms in total. The lowest BCUT2D eigenvalue weighted by Gasteiger charge is -2.22. The molecule has 0 fully saturated rings. The molecule has 0 aliphatic rings. The minimum Gasteiger partial charge on any atom is -0.478 e. The quantitative estimate of drug-likeness (QED) is 0.800. The Morgan fingerprint density at radius 3 is 2.43 bits per heavy atom. The van der Waals surface area contributed by atoms with Gasteiger partial charge < -0.3 is 14.7 Å². The van der Waals surface area contributed by atoms with Crippen molar-refractivity contribution in [2.45, 2.75) is 39.2 Å². The molecule has 0 aromatic heterocycles. The second-order valence-corrected chi connectivity index (χ2v) is 4.83. The normalized spacial score (nSPS) is 11.7. The fourth-order valence-electron chi connectivity index (χ4n) is 1.93. The third-order valence-corrected chi connectivity index (χ3v) is 3.20. The predicted molar refractivity (Wildman–Crippen MR) is 80.2 cm³/mol. The average molecular weight is 293 g/mol. The summed E-state index contributed by atoms with van der Waals surface area (Å²) in [7, 11) is 0. The van der Waals surface area contributed by atoms with Crippen molar-refractivity contribution in [2.75, 3.05) is 13.1 Å². The van der Waals surface area contributed by atoms with Crippen LogP contribution < -0.4 is 0 Å². The van der Waals surface area contributed by atoms with Gasteiger partial charge in [-0.1, -0.05) is 43.7 Å². The van der Waals surface area contributed by atoms with Gasteiger partial charge in [-0.25, -0.2) is 9.59 Å². The van der Waals surface area contributed by atoms with Crippen molar-refractivity contribution in [3.8, 4) is 0 Å². The zero-order valence-corrected chi connectivity index (χ0v) is 12.6. The van der Waals surface area contributed by atoms with E-state index in [4.69, 9.17) is 4.74 Å². The Morgan fingerprint density at radius 2 is 1.90 bits per heavy atom. The number of unbranched alkanes of at least 4 members (excludes halogenated alkanes) is 1. The summed E-state index contributed by atoms with van der Waals surface area (Å²) in [6, 6.07) is 9.15. The average Bonchev–Trinajstić information content (AvgIpc) is 2.48. The Kier molecular flexibility index (Phi) is 7.29. The Hall–Kier alpha value is -2.04. The molecule has 116 valence electrons. The maximum Gasteiger partial charge on any atom is 0.410 e. The van der Waals surface area contributed by atoms with Gasteiger partial charge in [0.2, 0.25) is 6.10 Å². The van der Waals surface area contributed by atoms with E-state index in [1.54, 1.807) is 0 Å². The maximum atomic E-state index is 12.0. The highest BCUT2D eigenvalue weighted by Crippen LogP contribution is 2.09. The van der Waals surface area contributed by atoms with Gasteiger partial charge in [0.1, 0.15) is 0 Å². The summed E-state index contributed by atoms with van der Waals surface area (Å²) in [5.74, 6) is -1.13. The molecular weight excluding hydrogens is 270 g/mol. The minimum absolute atomic E-state index is 0.174. The molecule has 1 rings (SSSR count). The highest BCUT2D eigenvalue weighted by Gasteiger charge is 2.25. The Morgan fingerprint density at radius 1 is 1.24 bits per heavy atom. The fourth-order valence-corrected chi connectivity index (χ4v) is 1.93. The summed E-state index contributed by atoms with van der Waals surface area (Å²) in [5, 5.41) is 9.22. The number of hydrogen-bond donors (Lipinski definition) is 1. The lowest BCUT2D eigenvalue weighted by molar-refractivity contribution is -0.147. The van der Waals surface area contributed by atoms with Crippen LogP contribution in [-0.4, -0.2) is 41.3 Å². The molecule has 0 saturated heterocycles. The van der Waals surface area contributed by atoms with Crippen LogP contribution in [0, 0.1) is 0 Å². The van der Waals surface area contributed by atoms with Crippen LogP contribution >= 0.6 is 0 Å². The number of rotatable bonds is 8. The second kappa shape index (κ2) is 9.00. The van der Waals surface area contributed by atoms with Crippen molar-refractivity contribution in [1.29, 1.82) is 0 Å². The Bertz CT molecular complexity index is 447. The fraction of sp³-hybridized carbons (Fsp3) is 0.500. The SMILES string of the molecule is CCCCN(CC)C(=O)OC(Cc1ccccc1)C(=O)O. The van der Waals surface area contributed by atoms with Crippen LogP contribution in [0.4, 0.5) is 4.79 Å². The van der Waals surface area contributed by atoms with Gasteiger partial charge in [-0.05, 0) is 18.9 Å². The molecule has 0 heterocycles. The first kappa shape index (κ1) is 17.0. The van der Waals surface area contributed by atoms with Crippen LogP contribution in [0.15, 0.2) is 30.3 Å². The monoisotopic (exact) mass is 293 g/mol. The van der Waals surface area contributed by atoms with Gasteiger partial charge in [-0.15, -0.1) is 0 Å². The zero-order valence-electron chi connectivity index (χ0n) is 12.6. The molecule has 0 spiro atoms.